The quantitative estimate of drug-likeness (QED) is 0.0833. The molecule has 31 heavy (non-hydrogen) atoms. The third kappa shape index (κ3) is 25.1. The highest BCUT2D eigenvalue weighted by Gasteiger charge is 2.09. The summed E-state index contributed by atoms with van der Waals surface area (Å²) in [6, 6.07) is 0. The minimum absolute atomic E-state index is 0.338. The fraction of sp³-hybridized carbons (Fsp3) is 0.917. The molecule has 0 aromatic rings. The number of hydrogen-bond acceptors (Lipinski definition) is 7. The highest BCUT2D eigenvalue weighted by atomic mass is 16.7. The van der Waals surface area contributed by atoms with Gasteiger partial charge in [0.1, 0.15) is 13.6 Å². The first-order valence-electron chi connectivity index (χ1n) is 12.1. The van der Waals surface area contributed by atoms with E-state index in [0.717, 1.165) is 77.4 Å². The van der Waals surface area contributed by atoms with Gasteiger partial charge in [0.15, 0.2) is 0 Å². The second-order valence-electron chi connectivity index (χ2n) is 7.93. The Hall–Kier alpha value is -1.02. The van der Waals surface area contributed by atoms with Crippen LogP contribution in [-0.2, 0) is 33.3 Å². The van der Waals surface area contributed by atoms with Crippen LogP contribution in [0.4, 0.5) is 0 Å². The minimum atomic E-state index is -0.379. The molecule has 0 amide bonds. The molecule has 0 saturated carbocycles. The van der Waals surface area contributed by atoms with Crippen LogP contribution >= 0.6 is 0 Å². The number of esters is 2. The minimum Gasteiger partial charge on any atom is -0.393 e. The number of methoxy groups -OCH3 is 2. The first-order chi connectivity index (χ1) is 15.2. The van der Waals surface area contributed by atoms with Crippen LogP contribution in [0, 0.1) is 0 Å². The van der Waals surface area contributed by atoms with E-state index >= 15 is 0 Å². The van der Waals surface area contributed by atoms with Crippen LogP contribution in [0.15, 0.2) is 0 Å². The lowest BCUT2D eigenvalue weighted by molar-refractivity contribution is -0.159. The summed E-state index contributed by atoms with van der Waals surface area (Å²) in [5.74, 6) is -0.757. The van der Waals surface area contributed by atoms with Crippen molar-refractivity contribution in [2.75, 3.05) is 41.0 Å². The van der Waals surface area contributed by atoms with Crippen molar-refractivity contribution in [1.29, 1.82) is 0 Å². The third-order valence-electron chi connectivity index (χ3n) is 4.97. The molecule has 184 valence electrons. The van der Waals surface area contributed by atoms with E-state index in [1.54, 1.807) is 14.2 Å². The van der Waals surface area contributed by atoms with Crippen LogP contribution in [0.3, 0.4) is 0 Å². The molecule has 0 N–H and O–H groups in total. The molecule has 0 aromatic heterocycles. The molecule has 0 bridgehead atoms. The van der Waals surface area contributed by atoms with Crippen LogP contribution in [0.5, 0.6) is 0 Å². The summed E-state index contributed by atoms with van der Waals surface area (Å²) >= 11 is 0. The maximum absolute atomic E-state index is 11.7. The molecule has 0 rings (SSSR count). The Morgan fingerprint density at radius 3 is 1.16 bits per heavy atom. The summed E-state index contributed by atoms with van der Waals surface area (Å²) in [5.41, 5.74) is 0. The fourth-order valence-corrected chi connectivity index (χ4v) is 3.23. The van der Waals surface area contributed by atoms with Crippen LogP contribution in [0.25, 0.3) is 0 Å². The normalized spacial score (nSPS) is 11.0. The lowest BCUT2D eigenvalue weighted by Gasteiger charge is -2.05. The zero-order valence-electron chi connectivity index (χ0n) is 20.0. The largest absolute Gasteiger partial charge is 0.393 e. The number of rotatable bonds is 24. The molecule has 7 nitrogen and oxygen atoms in total. The smallest absolute Gasteiger partial charge is 0.313 e. The Morgan fingerprint density at radius 2 is 0.806 bits per heavy atom. The lowest BCUT2D eigenvalue weighted by Crippen LogP contribution is -2.11. The molecular weight excluding hydrogens is 400 g/mol. The van der Waals surface area contributed by atoms with Gasteiger partial charge in [0.05, 0.1) is 0 Å². The van der Waals surface area contributed by atoms with Gasteiger partial charge < -0.3 is 23.7 Å². The highest BCUT2D eigenvalue weighted by Crippen LogP contribution is 2.11. The maximum Gasteiger partial charge on any atom is 0.313 e. The molecule has 0 unspecified atom stereocenters. The Kier molecular flexibility index (Phi) is 24.4. The second kappa shape index (κ2) is 25.2. The second-order valence-corrected chi connectivity index (χ2v) is 7.93. The van der Waals surface area contributed by atoms with Gasteiger partial charge in [0.25, 0.3) is 0 Å². The van der Waals surface area contributed by atoms with Crippen molar-refractivity contribution >= 4 is 11.9 Å². The molecule has 0 heterocycles. The summed E-state index contributed by atoms with van der Waals surface area (Å²) in [7, 11) is 3.25. The monoisotopic (exact) mass is 446 g/mol. The first-order valence-corrected chi connectivity index (χ1v) is 12.1. The van der Waals surface area contributed by atoms with E-state index in [9.17, 15) is 9.59 Å². The molecule has 0 saturated heterocycles. The number of ether oxygens (including phenoxy) is 5. The molecular formula is C24H46O7. The van der Waals surface area contributed by atoms with E-state index in [1.807, 2.05) is 0 Å². The number of carbonyl (C=O) groups excluding carboxylic acids is 2. The molecule has 0 aliphatic carbocycles. The van der Waals surface area contributed by atoms with Crippen molar-refractivity contribution in [3.63, 3.8) is 0 Å². The molecule has 0 aromatic carbocycles. The molecule has 0 aliphatic rings. The molecule has 0 radical (unpaired) electrons. The Balaban J connectivity index is 3.31. The van der Waals surface area contributed by atoms with Crippen molar-refractivity contribution < 1.29 is 33.3 Å². The predicted octanol–water partition coefficient (Wildman–Crippen LogP) is 5.54. The summed E-state index contributed by atoms with van der Waals surface area (Å²) in [6.07, 6.45) is 15.6. The van der Waals surface area contributed by atoms with Gasteiger partial charge in [-0.15, -0.1) is 0 Å². The summed E-state index contributed by atoms with van der Waals surface area (Å²) < 4.78 is 25.0. The average molecular weight is 447 g/mol. The van der Waals surface area contributed by atoms with Crippen molar-refractivity contribution in [2.24, 2.45) is 0 Å². The molecule has 0 fully saturated rings. The van der Waals surface area contributed by atoms with Crippen molar-refractivity contribution in [1.82, 2.24) is 0 Å². The number of unbranched alkanes of at least 4 members (excludes halogenated alkanes) is 12. The van der Waals surface area contributed by atoms with Crippen molar-refractivity contribution in [3.05, 3.63) is 0 Å². The SMILES string of the molecule is COCOCCCCCCCCCC(=O)OC(=O)CCCCCCCCCOCOC. The van der Waals surface area contributed by atoms with Gasteiger partial charge in [0.2, 0.25) is 0 Å². The van der Waals surface area contributed by atoms with Gasteiger partial charge in [-0.2, -0.15) is 0 Å². The summed E-state index contributed by atoms with van der Waals surface area (Å²) in [6.45, 7) is 2.23. The highest BCUT2D eigenvalue weighted by molar-refractivity contribution is 5.85. The van der Waals surface area contributed by atoms with E-state index in [0.29, 0.717) is 26.4 Å². The zero-order valence-corrected chi connectivity index (χ0v) is 20.0. The van der Waals surface area contributed by atoms with Crippen molar-refractivity contribution in [3.8, 4) is 0 Å². The van der Waals surface area contributed by atoms with Crippen LogP contribution in [0.1, 0.15) is 103 Å². The molecule has 0 spiro atoms. The fourth-order valence-electron chi connectivity index (χ4n) is 3.23. The van der Waals surface area contributed by atoms with Gasteiger partial charge in [0, 0.05) is 40.3 Å². The third-order valence-corrected chi connectivity index (χ3v) is 4.97. The summed E-state index contributed by atoms with van der Waals surface area (Å²) in [4.78, 5) is 23.5. The van der Waals surface area contributed by atoms with Crippen LogP contribution < -0.4 is 0 Å². The summed E-state index contributed by atoms with van der Waals surface area (Å²) in [5, 5.41) is 0. The number of carbonyl (C=O) groups is 2. The van der Waals surface area contributed by atoms with Crippen molar-refractivity contribution in [2.45, 2.75) is 103 Å². The molecule has 0 atom stereocenters. The molecule has 7 heteroatoms. The molecule has 0 aliphatic heterocycles. The van der Waals surface area contributed by atoms with Gasteiger partial charge in [-0.1, -0.05) is 64.2 Å². The Bertz CT molecular complexity index is 365. The van der Waals surface area contributed by atoms with Gasteiger partial charge >= 0.3 is 11.9 Å². The number of hydrogen-bond donors (Lipinski definition) is 0. The van der Waals surface area contributed by atoms with E-state index < -0.39 is 0 Å². The van der Waals surface area contributed by atoms with Gasteiger partial charge in [-0.05, 0) is 25.7 Å². The van der Waals surface area contributed by atoms with Gasteiger partial charge in [-0.3, -0.25) is 9.59 Å². The van der Waals surface area contributed by atoms with E-state index in [4.69, 9.17) is 23.7 Å². The van der Waals surface area contributed by atoms with Crippen LogP contribution in [-0.4, -0.2) is 53.0 Å². The predicted molar refractivity (Wildman–Crippen MR) is 121 cm³/mol. The standard InChI is InChI=1S/C24H46O7/c1-27-21-29-19-15-11-7-3-5-9-13-17-23(25)31-24(26)18-14-10-6-4-8-12-16-20-30-22-28-2/h3-22H2,1-2H3. The first kappa shape index (κ1) is 30.0. The zero-order chi connectivity index (χ0) is 22.8. The average Bonchev–Trinajstić information content (AvgIpc) is 2.75. The maximum atomic E-state index is 11.7. The topological polar surface area (TPSA) is 80.3 Å². The lowest BCUT2D eigenvalue weighted by atomic mass is 10.1. The van der Waals surface area contributed by atoms with Crippen LogP contribution in [0.2, 0.25) is 0 Å². The van der Waals surface area contributed by atoms with E-state index in [1.165, 1.54) is 25.7 Å². The Labute approximate surface area is 189 Å². The van der Waals surface area contributed by atoms with E-state index in [2.05, 4.69) is 0 Å². The Morgan fingerprint density at radius 1 is 0.484 bits per heavy atom. The van der Waals surface area contributed by atoms with Gasteiger partial charge in [-0.25, -0.2) is 0 Å². The van der Waals surface area contributed by atoms with E-state index in [-0.39, 0.29) is 11.9 Å².